The summed E-state index contributed by atoms with van der Waals surface area (Å²) in [6, 6.07) is 13.8. The normalized spacial score (nSPS) is 27.6. The second kappa shape index (κ2) is 7.88. The fourth-order valence-corrected chi connectivity index (χ4v) is 4.94. The average Bonchev–Trinajstić information content (AvgIpc) is 2.74. The molecule has 0 radical (unpaired) electrons. The van der Waals surface area contributed by atoms with Crippen molar-refractivity contribution in [2.24, 2.45) is 5.92 Å². The molecule has 3 fully saturated rings. The van der Waals surface area contributed by atoms with Crippen LogP contribution in [0.25, 0.3) is 11.1 Å². The molecule has 152 valence electrons. The van der Waals surface area contributed by atoms with Crippen molar-refractivity contribution >= 4 is 17.7 Å². The zero-order valence-electron chi connectivity index (χ0n) is 16.3. The van der Waals surface area contributed by atoms with Crippen molar-refractivity contribution in [1.82, 2.24) is 10.2 Å². The summed E-state index contributed by atoms with van der Waals surface area (Å²) in [5, 5.41) is 3.77. The third kappa shape index (κ3) is 3.94. The van der Waals surface area contributed by atoms with Crippen LogP contribution in [-0.4, -0.2) is 43.3 Å². The second-order valence-electron chi connectivity index (χ2n) is 8.18. The Morgan fingerprint density at radius 3 is 2.69 bits per heavy atom. The van der Waals surface area contributed by atoms with Crippen LogP contribution in [0.5, 0.6) is 5.75 Å². The highest BCUT2D eigenvalue weighted by Crippen LogP contribution is 2.36. The van der Waals surface area contributed by atoms with E-state index in [1.54, 1.807) is 0 Å². The largest absolute Gasteiger partial charge is 0.493 e. The van der Waals surface area contributed by atoms with E-state index >= 15 is 0 Å². The topological polar surface area (TPSA) is 50.8 Å². The van der Waals surface area contributed by atoms with Gasteiger partial charge in [-0.2, -0.15) is 0 Å². The highest BCUT2D eigenvalue weighted by Gasteiger charge is 2.37. The van der Waals surface area contributed by atoms with E-state index in [0.717, 1.165) is 61.3 Å². The molecule has 4 aliphatic heterocycles. The van der Waals surface area contributed by atoms with E-state index in [2.05, 4.69) is 10.2 Å². The zero-order chi connectivity index (χ0) is 19.8. The van der Waals surface area contributed by atoms with Crippen molar-refractivity contribution in [3.8, 4) is 16.9 Å². The molecule has 1 amide bonds. The van der Waals surface area contributed by atoms with Gasteiger partial charge in [-0.3, -0.25) is 4.90 Å². The van der Waals surface area contributed by atoms with Crippen LogP contribution >= 0.6 is 11.6 Å². The number of alkyl carbamates (subject to hydrolysis) is 1. The minimum Gasteiger partial charge on any atom is -0.493 e. The summed E-state index contributed by atoms with van der Waals surface area (Å²) in [5.41, 5.74) is 3.08. The molecule has 5 nitrogen and oxygen atoms in total. The Hall–Kier alpha value is -2.24. The maximum absolute atomic E-state index is 12.6. The quantitative estimate of drug-likeness (QED) is 0.797. The number of carbonyl (C=O) groups is 1. The van der Waals surface area contributed by atoms with Crippen LogP contribution in [0.3, 0.4) is 0 Å². The van der Waals surface area contributed by atoms with E-state index in [0.29, 0.717) is 17.5 Å². The standard InChI is InChI=1S/C23H25ClN2O3/c24-18-3-1-2-16(12-18)17-4-5-19-20(8-11-28-21(19)13-17)25-23(27)29-22-14-26-9-6-15(22)7-10-26/h1-5,12-13,15,20,22H,6-11,14H2,(H,25,27)/t20?,22-/m1/s1. The van der Waals surface area contributed by atoms with Crippen LogP contribution in [0.2, 0.25) is 5.02 Å². The third-order valence-electron chi connectivity index (χ3n) is 6.36. The van der Waals surface area contributed by atoms with Crippen molar-refractivity contribution in [2.75, 3.05) is 26.2 Å². The maximum Gasteiger partial charge on any atom is 0.407 e. The van der Waals surface area contributed by atoms with Crippen LogP contribution in [0.15, 0.2) is 42.5 Å². The summed E-state index contributed by atoms with van der Waals surface area (Å²) in [4.78, 5) is 15.0. The highest BCUT2D eigenvalue weighted by molar-refractivity contribution is 6.30. The Kier molecular flexibility index (Phi) is 5.10. The van der Waals surface area contributed by atoms with Gasteiger partial charge in [0.15, 0.2) is 0 Å². The Morgan fingerprint density at radius 1 is 1.10 bits per heavy atom. The van der Waals surface area contributed by atoms with E-state index in [1.807, 2.05) is 42.5 Å². The number of rotatable bonds is 3. The predicted molar refractivity (Wildman–Crippen MR) is 112 cm³/mol. The fraction of sp³-hybridized carbons (Fsp3) is 0.435. The molecular formula is C23H25ClN2O3. The van der Waals surface area contributed by atoms with Crippen molar-refractivity contribution in [1.29, 1.82) is 0 Å². The molecule has 6 heteroatoms. The zero-order valence-corrected chi connectivity index (χ0v) is 17.0. The molecule has 29 heavy (non-hydrogen) atoms. The summed E-state index contributed by atoms with van der Waals surface area (Å²) >= 11 is 6.13. The van der Waals surface area contributed by atoms with Gasteiger partial charge >= 0.3 is 6.09 Å². The van der Waals surface area contributed by atoms with Gasteiger partial charge in [0, 0.05) is 23.6 Å². The van der Waals surface area contributed by atoms with Crippen LogP contribution in [0.1, 0.15) is 30.9 Å². The van der Waals surface area contributed by atoms with E-state index in [4.69, 9.17) is 21.1 Å². The summed E-state index contributed by atoms with van der Waals surface area (Å²) in [6.45, 7) is 3.70. The lowest BCUT2D eigenvalue weighted by atomic mass is 9.86. The monoisotopic (exact) mass is 412 g/mol. The van der Waals surface area contributed by atoms with Gasteiger partial charge in [0.1, 0.15) is 11.9 Å². The number of hydrogen-bond donors (Lipinski definition) is 1. The summed E-state index contributed by atoms with van der Waals surface area (Å²) < 4.78 is 11.7. The minimum absolute atomic E-state index is 0.0158. The van der Waals surface area contributed by atoms with Crippen molar-refractivity contribution < 1.29 is 14.3 Å². The summed E-state index contributed by atoms with van der Waals surface area (Å²) in [6.07, 6.45) is 2.69. The molecule has 0 aliphatic carbocycles. The molecule has 2 atom stereocenters. The molecule has 1 unspecified atom stereocenters. The number of amides is 1. The van der Waals surface area contributed by atoms with E-state index in [-0.39, 0.29) is 18.2 Å². The minimum atomic E-state index is -0.319. The first-order chi connectivity index (χ1) is 14.2. The molecule has 4 aliphatic rings. The molecule has 6 rings (SSSR count). The first kappa shape index (κ1) is 18.8. The van der Waals surface area contributed by atoms with Crippen LogP contribution in [0, 0.1) is 5.92 Å². The number of carbonyl (C=O) groups excluding carboxylic acids is 1. The predicted octanol–water partition coefficient (Wildman–Crippen LogP) is 4.65. The Labute approximate surface area is 175 Å². The van der Waals surface area contributed by atoms with E-state index < -0.39 is 0 Å². The SMILES string of the molecule is O=C(NC1CCOc2cc(-c3cccc(Cl)c3)ccc21)O[C@@H]1CN2CCC1CC2. The molecule has 0 spiro atoms. The molecule has 0 aromatic heterocycles. The molecular weight excluding hydrogens is 388 g/mol. The second-order valence-corrected chi connectivity index (χ2v) is 8.62. The lowest BCUT2D eigenvalue weighted by molar-refractivity contribution is -0.0342. The Bertz CT molecular complexity index is 911. The van der Waals surface area contributed by atoms with E-state index in [9.17, 15) is 4.79 Å². The van der Waals surface area contributed by atoms with Crippen LogP contribution < -0.4 is 10.1 Å². The number of benzene rings is 2. The number of piperidine rings is 3. The Morgan fingerprint density at radius 2 is 1.93 bits per heavy atom. The summed E-state index contributed by atoms with van der Waals surface area (Å²) in [5.74, 6) is 1.31. The average molecular weight is 413 g/mol. The lowest BCUT2D eigenvalue weighted by Crippen LogP contribution is -2.52. The number of halogens is 1. The van der Waals surface area contributed by atoms with Gasteiger partial charge < -0.3 is 14.8 Å². The summed E-state index contributed by atoms with van der Waals surface area (Å²) in [7, 11) is 0. The van der Waals surface area contributed by atoms with Gasteiger partial charge in [0.2, 0.25) is 0 Å². The molecule has 0 saturated carbocycles. The number of ether oxygens (including phenoxy) is 2. The molecule has 3 saturated heterocycles. The molecule has 2 bridgehead atoms. The fourth-order valence-electron chi connectivity index (χ4n) is 4.75. The van der Waals surface area contributed by atoms with Gasteiger partial charge in [-0.05, 0) is 61.2 Å². The van der Waals surface area contributed by atoms with Gasteiger partial charge in [-0.25, -0.2) is 4.79 Å². The van der Waals surface area contributed by atoms with Crippen molar-refractivity contribution in [3.63, 3.8) is 0 Å². The van der Waals surface area contributed by atoms with Gasteiger partial charge in [-0.15, -0.1) is 0 Å². The first-order valence-electron chi connectivity index (χ1n) is 10.4. The van der Waals surface area contributed by atoms with Gasteiger partial charge in [0.05, 0.1) is 12.6 Å². The molecule has 2 aromatic carbocycles. The van der Waals surface area contributed by atoms with Gasteiger partial charge in [0.25, 0.3) is 0 Å². The van der Waals surface area contributed by atoms with Crippen molar-refractivity contribution in [2.45, 2.75) is 31.4 Å². The number of nitrogens with zero attached hydrogens (tertiary/aromatic N) is 1. The molecule has 4 heterocycles. The highest BCUT2D eigenvalue weighted by atomic mass is 35.5. The number of fused-ring (bicyclic) bond motifs is 4. The lowest BCUT2D eigenvalue weighted by Gasteiger charge is -2.44. The third-order valence-corrected chi connectivity index (χ3v) is 6.59. The molecule has 1 N–H and O–H groups in total. The Balaban J connectivity index is 1.28. The number of hydrogen-bond acceptors (Lipinski definition) is 4. The first-order valence-corrected chi connectivity index (χ1v) is 10.8. The van der Waals surface area contributed by atoms with Crippen LogP contribution in [0.4, 0.5) is 4.79 Å². The van der Waals surface area contributed by atoms with Gasteiger partial charge in [-0.1, -0.05) is 35.9 Å². The maximum atomic E-state index is 12.6. The van der Waals surface area contributed by atoms with Crippen molar-refractivity contribution in [3.05, 3.63) is 53.1 Å². The molecule has 2 aromatic rings. The number of nitrogens with one attached hydrogen (secondary N) is 1. The smallest absolute Gasteiger partial charge is 0.407 e. The van der Waals surface area contributed by atoms with Crippen LogP contribution in [-0.2, 0) is 4.74 Å². The van der Waals surface area contributed by atoms with E-state index in [1.165, 1.54) is 0 Å².